The average molecular weight is 400 g/mol. The van der Waals surface area contributed by atoms with Gasteiger partial charge in [0, 0.05) is 11.6 Å². The van der Waals surface area contributed by atoms with Gasteiger partial charge < -0.3 is 5.73 Å². The monoisotopic (exact) mass is 400 g/mol. The first-order chi connectivity index (χ1) is 13.0. The van der Waals surface area contributed by atoms with Crippen LogP contribution in [0.25, 0.3) is 20.4 Å². The molecule has 0 saturated carbocycles. The fourth-order valence-corrected chi connectivity index (χ4v) is 4.46. The zero-order valence-corrected chi connectivity index (χ0v) is 15.5. The number of hydrogen-bond donors (Lipinski definition) is 1. The van der Waals surface area contributed by atoms with Gasteiger partial charge in [-0.2, -0.15) is 0 Å². The van der Waals surface area contributed by atoms with Crippen LogP contribution >= 0.6 is 23.1 Å². The Balaban J connectivity index is 1.90. The van der Waals surface area contributed by atoms with E-state index in [4.69, 9.17) is 5.73 Å². The minimum absolute atomic E-state index is 0.00167. The molecule has 0 radical (unpaired) electrons. The molecule has 0 aliphatic heterocycles. The van der Waals surface area contributed by atoms with Gasteiger partial charge in [0.25, 0.3) is 5.56 Å². The van der Waals surface area contributed by atoms with Crippen molar-refractivity contribution < 1.29 is 9.18 Å². The molecule has 4 rings (SSSR count). The number of pyridine rings is 1. The number of fused-ring (bicyclic) bond motifs is 3. The van der Waals surface area contributed by atoms with E-state index in [-0.39, 0.29) is 23.7 Å². The summed E-state index contributed by atoms with van der Waals surface area (Å²) < 4.78 is 15.2. The van der Waals surface area contributed by atoms with Crippen LogP contribution in [0.5, 0.6) is 0 Å². The zero-order valence-electron chi connectivity index (χ0n) is 13.9. The maximum atomic E-state index is 13.2. The van der Waals surface area contributed by atoms with Gasteiger partial charge in [0.1, 0.15) is 15.3 Å². The number of aromatic nitrogens is 3. The molecule has 3 aromatic heterocycles. The van der Waals surface area contributed by atoms with Crippen molar-refractivity contribution in [2.24, 2.45) is 5.73 Å². The third kappa shape index (κ3) is 3.43. The van der Waals surface area contributed by atoms with Crippen molar-refractivity contribution in [1.29, 1.82) is 0 Å². The topological polar surface area (TPSA) is 90.9 Å². The van der Waals surface area contributed by atoms with Crippen LogP contribution in [0, 0.1) is 5.82 Å². The summed E-state index contributed by atoms with van der Waals surface area (Å²) in [4.78, 5) is 34.0. The highest BCUT2D eigenvalue weighted by Crippen LogP contribution is 2.30. The van der Waals surface area contributed by atoms with E-state index in [2.05, 4.69) is 9.97 Å². The molecule has 0 unspecified atom stereocenters. The summed E-state index contributed by atoms with van der Waals surface area (Å²) >= 11 is 2.39. The van der Waals surface area contributed by atoms with Gasteiger partial charge >= 0.3 is 0 Å². The van der Waals surface area contributed by atoms with Gasteiger partial charge in [-0.1, -0.05) is 23.9 Å². The summed E-state index contributed by atoms with van der Waals surface area (Å²) in [5, 5.41) is 1.18. The molecule has 136 valence electrons. The Morgan fingerprint density at radius 3 is 2.78 bits per heavy atom. The fraction of sp³-hybridized carbons (Fsp3) is 0.111. The highest BCUT2D eigenvalue weighted by Gasteiger charge is 2.17. The van der Waals surface area contributed by atoms with E-state index in [1.165, 1.54) is 28.0 Å². The molecule has 27 heavy (non-hydrogen) atoms. The maximum Gasteiger partial charge on any atom is 0.272 e. The summed E-state index contributed by atoms with van der Waals surface area (Å²) in [5.41, 5.74) is 6.35. The van der Waals surface area contributed by atoms with Crippen molar-refractivity contribution in [3.8, 4) is 0 Å². The predicted octanol–water partition coefficient (Wildman–Crippen LogP) is 2.77. The van der Waals surface area contributed by atoms with Crippen LogP contribution < -0.4 is 11.3 Å². The molecule has 2 N–H and O–H groups in total. The number of nitrogens with zero attached hydrogens (tertiary/aromatic N) is 3. The number of halogens is 1. The second-order valence-corrected chi connectivity index (χ2v) is 7.74. The molecular weight excluding hydrogens is 387 g/mol. The third-order valence-corrected chi connectivity index (χ3v) is 6.00. The summed E-state index contributed by atoms with van der Waals surface area (Å²) in [6, 6.07) is 9.55. The van der Waals surface area contributed by atoms with E-state index in [0.717, 1.165) is 27.5 Å². The number of primary amides is 1. The molecule has 0 fully saturated rings. The minimum Gasteiger partial charge on any atom is -0.369 e. The molecule has 0 saturated heterocycles. The van der Waals surface area contributed by atoms with Crippen LogP contribution in [0.2, 0.25) is 0 Å². The number of benzene rings is 1. The highest BCUT2D eigenvalue weighted by molar-refractivity contribution is 7.99. The first-order valence-electron chi connectivity index (χ1n) is 7.96. The Kier molecular flexibility index (Phi) is 4.63. The highest BCUT2D eigenvalue weighted by atomic mass is 32.2. The SMILES string of the molecule is NC(=O)CSc1nc2c(sc3ncccc32)c(=O)n1Cc1ccc(F)cc1. The summed E-state index contributed by atoms with van der Waals surface area (Å²) in [5.74, 6) is -0.847. The second kappa shape index (κ2) is 7.09. The molecule has 4 aromatic rings. The lowest BCUT2D eigenvalue weighted by molar-refractivity contribution is -0.115. The lowest BCUT2D eigenvalue weighted by atomic mass is 10.2. The van der Waals surface area contributed by atoms with E-state index in [1.807, 2.05) is 6.07 Å². The Hall–Kier alpha value is -2.78. The normalized spacial score (nSPS) is 11.3. The van der Waals surface area contributed by atoms with Crippen molar-refractivity contribution in [1.82, 2.24) is 14.5 Å². The van der Waals surface area contributed by atoms with Crippen LogP contribution in [0.15, 0.2) is 52.5 Å². The van der Waals surface area contributed by atoms with Crippen molar-refractivity contribution in [2.75, 3.05) is 5.75 Å². The molecule has 1 aromatic carbocycles. The average Bonchev–Trinajstić information content (AvgIpc) is 3.03. The number of rotatable bonds is 5. The summed E-state index contributed by atoms with van der Waals surface area (Å²) in [6.07, 6.45) is 1.66. The fourth-order valence-electron chi connectivity index (χ4n) is 2.70. The van der Waals surface area contributed by atoms with Gasteiger partial charge in [-0.05, 0) is 29.8 Å². The van der Waals surface area contributed by atoms with Crippen molar-refractivity contribution in [3.05, 3.63) is 64.3 Å². The number of carbonyl (C=O) groups is 1. The Morgan fingerprint density at radius 2 is 2.04 bits per heavy atom. The quantitative estimate of drug-likeness (QED) is 0.411. The molecule has 0 atom stereocenters. The molecule has 0 aliphatic carbocycles. The van der Waals surface area contributed by atoms with E-state index < -0.39 is 5.91 Å². The number of thioether (sulfide) groups is 1. The van der Waals surface area contributed by atoms with Gasteiger partial charge in [-0.25, -0.2) is 14.4 Å². The first-order valence-corrected chi connectivity index (χ1v) is 9.77. The van der Waals surface area contributed by atoms with Crippen LogP contribution in [0.1, 0.15) is 5.56 Å². The third-order valence-electron chi connectivity index (χ3n) is 3.92. The Morgan fingerprint density at radius 1 is 1.26 bits per heavy atom. The van der Waals surface area contributed by atoms with Crippen molar-refractivity contribution >= 4 is 49.4 Å². The zero-order chi connectivity index (χ0) is 19.0. The smallest absolute Gasteiger partial charge is 0.272 e. The van der Waals surface area contributed by atoms with Gasteiger partial charge in [0.05, 0.1) is 17.8 Å². The summed E-state index contributed by atoms with van der Waals surface area (Å²) in [6.45, 7) is 0.213. The molecule has 3 heterocycles. The van der Waals surface area contributed by atoms with Crippen LogP contribution in [-0.2, 0) is 11.3 Å². The van der Waals surface area contributed by atoms with E-state index in [9.17, 15) is 14.0 Å². The molecule has 0 aliphatic rings. The lowest BCUT2D eigenvalue weighted by Crippen LogP contribution is -2.24. The second-order valence-electron chi connectivity index (χ2n) is 5.80. The van der Waals surface area contributed by atoms with Crippen LogP contribution in [0.4, 0.5) is 4.39 Å². The van der Waals surface area contributed by atoms with E-state index >= 15 is 0 Å². The van der Waals surface area contributed by atoms with Crippen LogP contribution in [0.3, 0.4) is 0 Å². The molecule has 1 amide bonds. The number of nitrogens with two attached hydrogens (primary N) is 1. The van der Waals surface area contributed by atoms with Gasteiger partial charge in [0.2, 0.25) is 5.91 Å². The van der Waals surface area contributed by atoms with Crippen molar-refractivity contribution in [3.63, 3.8) is 0 Å². The predicted molar refractivity (Wildman–Crippen MR) is 105 cm³/mol. The number of carbonyl (C=O) groups excluding carboxylic acids is 1. The number of hydrogen-bond acceptors (Lipinski definition) is 6. The maximum absolute atomic E-state index is 13.2. The Labute approximate surface area is 160 Å². The van der Waals surface area contributed by atoms with E-state index in [1.54, 1.807) is 24.4 Å². The van der Waals surface area contributed by atoms with Gasteiger partial charge in [0.15, 0.2) is 5.16 Å². The minimum atomic E-state index is -0.500. The standard InChI is InChI=1S/C18H13FN4O2S2/c19-11-5-3-10(4-6-11)8-23-17(25)15-14(22-18(23)26-9-13(20)24)12-2-1-7-21-16(12)27-15/h1-7H,8-9H2,(H2,20,24). The largest absolute Gasteiger partial charge is 0.369 e. The molecular formula is C18H13FN4O2S2. The summed E-state index contributed by atoms with van der Waals surface area (Å²) in [7, 11) is 0. The van der Waals surface area contributed by atoms with Crippen molar-refractivity contribution in [2.45, 2.75) is 11.7 Å². The Bertz CT molecular complexity index is 1220. The molecule has 0 bridgehead atoms. The number of thiophene rings is 1. The van der Waals surface area contributed by atoms with Gasteiger partial charge in [-0.3, -0.25) is 14.2 Å². The van der Waals surface area contributed by atoms with E-state index in [0.29, 0.717) is 15.4 Å². The van der Waals surface area contributed by atoms with Gasteiger partial charge in [-0.15, -0.1) is 11.3 Å². The van der Waals surface area contributed by atoms with Crippen LogP contribution in [-0.4, -0.2) is 26.2 Å². The number of amides is 1. The first kappa shape index (κ1) is 17.6. The lowest BCUT2D eigenvalue weighted by Gasteiger charge is -2.11. The molecule has 0 spiro atoms. The molecule has 9 heteroatoms. The molecule has 6 nitrogen and oxygen atoms in total.